The minimum absolute atomic E-state index is 0.0912. The number of halogens is 4. The van der Waals surface area contributed by atoms with Crippen molar-refractivity contribution in [2.45, 2.75) is 38.5 Å². The number of hydrogen-bond donors (Lipinski definition) is 2. The van der Waals surface area contributed by atoms with Crippen LogP contribution in [0.4, 0.5) is 18.9 Å². The lowest BCUT2D eigenvalue weighted by Gasteiger charge is -2.28. The van der Waals surface area contributed by atoms with Crippen LogP contribution in [0.2, 0.25) is 5.02 Å². The summed E-state index contributed by atoms with van der Waals surface area (Å²) in [4.78, 5) is 11.7. The first kappa shape index (κ1) is 16.8. The molecule has 9 heteroatoms. The third kappa shape index (κ3) is 4.11. The van der Waals surface area contributed by atoms with Gasteiger partial charge in [-0.3, -0.25) is 4.79 Å². The van der Waals surface area contributed by atoms with Crippen molar-refractivity contribution in [3.63, 3.8) is 0 Å². The Morgan fingerprint density at radius 1 is 1.50 bits per heavy atom. The molecule has 0 saturated heterocycles. The van der Waals surface area contributed by atoms with Gasteiger partial charge in [-0.05, 0) is 13.3 Å². The molecule has 1 atom stereocenters. The van der Waals surface area contributed by atoms with Crippen LogP contribution in [0.5, 0.6) is 0 Å². The zero-order chi connectivity index (χ0) is 15.6. The van der Waals surface area contributed by atoms with E-state index in [-0.39, 0.29) is 17.0 Å². The van der Waals surface area contributed by atoms with Crippen LogP contribution in [0.15, 0.2) is 11.0 Å². The maximum atomic E-state index is 12.2. The molecule has 1 heterocycles. The Bertz CT molecular complexity index is 527. The molecule has 0 aliphatic heterocycles. The quantitative estimate of drug-likeness (QED) is 0.873. The molecule has 20 heavy (non-hydrogen) atoms. The molecule has 0 aromatic carbocycles. The van der Waals surface area contributed by atoms with E-state index in [9.17, 15) is 23.1 Å². The van der Waals surface area contributed by atoms with E-state index in [1.54, 1.807) is 13.8 Å². The third-order valence-corrected chi connectivity index (χ3v) is 3.24. The van der Waals surface area contributed by atoms with E-state index in [2.05, 4.69) is 10.4 Å². The van der Waals surface area contributed by atoms with Crippen molar-refractivity contribution in [2.75, 3.05) is 11.9 Å². The average Bonchev–Trinajstić information content (AvgIpc) is 2.37. The van der Waals surface area contributed by atoms with E-state index in [4.69, 9.17) is 11.6 Å². The Morgan fingerprint density at radius 2 is 2.10 bits per heavy atom. The number of alkyl halides is 3. The molecular formula is C11H15ClF3N3O2. The summed E-state index contributed by atoms with van der Waals surface area (Å²) in [7, 11) is 0. The Morgan fingerprint density at radius 3 is 2.55 bits per heavy atom. The minimum Gasteiger partial charge on any atom is -0.394 e. The molecule has 1 unspecified atom stereocenters. The predicted molar refractivity (Wildman–Crippen MR) is 69.0 cm³/mol. The summed E-state index contributed by atoms with van der Waals surface area (Å²) in [5.41, 5.74) is -1.69. The van der Waals surface area contributed by atoms with Gasteiger partial charge in [0.15, 0.2) is 0 Å². The standard InChI is InChI=1S/C11H15ClF3N3O2/c1-3-10(2,6-19)17-7-4-16-18(5-11(13,14)15)9(20)8(7)12/h4,17,19H,3,5-6H2,1-2H3. The van der Waals surface area contributed by atoms with Crippen molar-refractivity contribution >= 4 is 17.3 Å². The van der Waals surface area contributed by atoms with Crippen LogP contribution in [0, 0.1) is 0 Å². The third-order valence-electron chi connectivity index (χ3n) is 2.88. The normalized spacial score (nSPS) is 14.9. The monoisotopic (exact) mass is 313 g/mol. The Kier molecular flexibility index (Phi) is 5.04. The van der Waals surface area contributed by atoms with Gasteiger partial charge in [0.2, 0.25) is 0 Å². The largest absolute Gasteiger partial charge is 0.408 e. The lowest BCUT2D eigenvalue weighted by molar-refractivity contribution is -0.143. The fraction of sp³-hybridized carbons (Fsp3) is 0.636. The van der Waals surface area contributed by atoms with Crippen LogP contribution >= 0.6 is 11.6 Å². The number of hydrogen-bond acceptors (Lipinski definition) is 4. The van der Waals surface area contributed by atoms with Gasteiger partial charge in [-0.1, -0.05) is 18.5 Å². The number of nitrogens with zero attached hydrogens (tertiary/aromatic N) is 2. The first-order valence-corrected chi connectivity index (χ1v) is 6.21. The highest BCUT2D eigenvalue weighted by atomic mass is 35.5. The molecule has 0 spiro atoms. The van der Waals surface area contributed by atoms with Crippen LogP contribution in [-0.2, 0) is 6.54 Å². The van der Waals surface area contributed by atoms with Crippen molar-refractivity contribution < 1.29 is 18.3 Å². The molecule has 5 nitrogen and oxygen atoms in total. The molecule has 1 aromatic heterocycles. The number of aliphatic hydroxyl groups excluding tert-OH is 1. The lowest BCUT2D eigenvalue weighted by Crippen LogP contribution is -2.39. The molecule has 0 fully saturated rings. The van der Waals surface area contributed by atoms with E-state index in [0.717, 1.165) is 6.20 Å². The first-order chi connectivity index (χ1) is 9.12. The fourth-order valence-electron chi connectivity index (χ4n) is 1.40. The maximum absolute atomic E-state index is 12.2. The van der Waals surface area contributed by atoms with Crippen molar-refractivity contribution in [3.05, 3.63) is 21.6 Å². The molecule has 0 aliphatic carbocycles. The fourth-order valence-corrected chi connectivity index (χ4v) is 1.59. The summed E-state index contributed by atoms with van der Waals surface area (Å²) in [6.45, 7) is 1.75. The number of rotatable bonds is 5. The van der Waals surface area contributed by atoms with Gasteiger partial charge < -0.3 is 10.4 Å². The summed E-state index contributed by atoms with van der Waals surface area (Å²) in [6, 6.07) is 0. The molecule has 0 saturated carbocycles. The molecule has 0 aliphatic rings. The van der Waals surface area contributed by atoms with Crippen molar-refractivity contribution in [1.29, 1.82) is 0 Å². The van der Waals surface area contributed by atoms with Gasteiger partial charge >= 0.3 is 6.18 Å². The van der Waals surface area contributed by atoms with Crippen LogP contribution < -0.4 is 10.9 Å². The smallest absolute Gasteiger partial charge is 0.394 e. The number of anilines is 1. The molecule has 0 radical (unpaired) electrons. The van der Waals surface area contributed by atoms with E-state index in [1.165, 1.54) is 0 Å². The molecule has 1 rings (SSSR count). The summed E-state index contributed by atoms with van der Waals surface area (Å²) in [5.74, 6) is 0. The van der Waals surface area contributed by atoms with Crippen LogP contribution in [0.3, 0.4) is 0 Å². The molecule has 0 amide bonds. The predicted octanol–water partition coefficient (Wildman–Crippen LogP) is 2.03. The summed E-state index contributed by atoms with van der Waals surface area (Å²) >= 11 is 5.76. The van der Waals surface area contributed by atoms with Crippen LogP contribution in [0.1, 0.15) is 20.3 Å². The Balaban J connectivity index is 3.10. The van der Waals surface area contributed by atoms with Gasteiger partial charge in [0.05, 0.1) is 24.0 Å². The topological polar surface area (TPSA) is 67.2 Å². The molecule has 1 aromatic rings. The van der Waals surface area contributed by atoms with Gasteiger partial charge in [-0.25, -0.2) is 4.68 Å². The molecule has 2 N–H and O–H groups in total. The van der Waals surface area contributed by atoms with Crippen molar-refractivity contribution in [3.8, 4) is 0 Å². The average molecular weight is 314 g/mol. The zero-order valence-electron chi connectivity index (χ0n) is 11.0. The highest BCUT2D eigenvalue weighted by Crippen LogP contribution is 2.23. The van der Waals surface area contributed by atoms with E-state index in [0.29, 0.717) is 6.42 Å². The van der Waals surface area contributed by atoms with Gasteiger partial charge in [0.1, 0.15) is 11.6 Å². The van der Waals surface area contributed by atoms with E-state index in [1.807, 2.05) is 0 Å². The van der Waals surface area contributed by atoms with Gasteiger partial charge in [0, 0.05) is 0 Å². The number of aromatic nitrogens is 2. The van der Waals surface area contributed by atoms with Crippen LogP contribution in [0.25, 0.3) is 0 Å². The van der Waals surface area contributed by atoms with Gasteiger partial charge in [-0.2, -0.15) is 18.3 Å². The lowest BCUT2D eigenvalue weighted by atomic mass is 10.00. The Hall–Kier alpha value is -1.28. The first-order valence-electron chi connectivity index (χ1n) is 5.83. The highest BCUT2D eigenvalue weighted by Gasteiger charge is 2.30. The summed E-state index contributed by atoms with van der Waals surface area (Å²) in [6.07, 6.45) is -3.00. The van der Waals surface area contributed by atoms with Crippen molar-refractivity contribution in [1.82, 2.24) is 9.78 Å². The van der Waals surface area contributed by atoms with Crippen molar-refractivity contribution in [2.24, 2.45) is 0 Å². The molecular weight excluding hydrogens is 299 g/mol. The highest BCUT2D eigenvalue weighted by molar-refractivity contribution is 6.32. The van der Waals surface area contributed by atoms with E-state index < -0.39 is 28.8 Å². The van der Waals surface area contributed by atoms with Gasteiger partial charge in [0.25, 0.3) is 5.56 Å². The SMILES string of the molecule is CCC(C)(CO)Nc1cnn(CC(F)(F)F)c(=O)c1Cl. The second kappa shape index (κ2) is 6.01. The number of nitrogens with one attached hydrogen (secondary N) is 1. The van der Waals surface area contributed by atoms with Crippen LogP contribution in [-0.4, -0.2) is 33.2 Å². The van der Waals surface area contributed by atoms with E-state index >= 15 is 0 Å². The molecule has 0 bridgehead atoms. The summed E-state index contributed by atoms with van der Waals surface area (Å²) < 4.78 is 37.0. The van der Waals surface area contributed by atoms with Gasteiger partial charge in [-0.15, -0.1) is 0 Å². The second-order valence-electron chi connectivity index (χ2n) is 4.65. The minimum atomic E-state index is -4.56. The second-order valence-corrected chi connectivity index (χ2v) is 5.03. The maximum Gasteiger partial charge on any atom is 0.408 e. The summed E-state index contributed by atoms with van der Waals surface area (Å²) in [5, 5.41) is 15.1. The number of aliphatic hydroxyl groups is 1. The zero-order valence-corrected chi connectivity index (χ0v) is 11.7. The molecule has 114 valence electrons. The Labute approximate surface area is 118 Å².